The van der Waals surface area contributed by atoms with Crippen molar-refractivity contribution in [1.29, 1.82) is 0 Å². The molecule has 1 aliphatic rings. The lowest BCUT2D eigenvalue weighted by atomic mass is 9.73. The second-order valence-corrected chi connectivity index (χ2v) is 4.77. The van der Waals surface area contributed by atoms with Crippen LogP contribution in [0, 0.1) is 5.92 Å². The van der Waals surface area contributed by atoms with Gasteiger partial charge in [-0.3, -0.25) is 9.59 Å². The number of carboxylic acid groups (broad SMARTS) is 1. The van der Waals surface area contributed by atoms with Gasteiger partial charge in [0.25, 0.3) is 0 Å². The first-order valence-corrected chi connectivity index (χ1v) is 6.22. The van der Waals surface area contributed by atoms with E-state index in [4.69, 9.17) is 0 Å². The third-order valence-electron chi connectivity index (χ3n) is 3.75. The molecule has 5 heteroatoms. The first-order valence-electron chi connectivity index (χ1n) is 6.22. The highest BCUT2D eigenvalue weighted by atomic mass is 16.4. The molecule has 1 rings (SSSR count). The van der Waals surface area contributed by atoms with Crippen molar-refractivity contribution >= 4 is 11.9 Å². The van der Waals surface area contributed by atoms with E-state index >= 15 is 0 Å². The van der Waals surface area contributed by atoms with Gasteiger partial charge in [0.2, 0.25) is 5.91 Å². The summed E-state index contributed by atoms with van der Waals surface area (Å²) in [5.41, 5.74) is -0.841. The molecular weight excluding hydrogens is 220 g/mol. The van der Waals surface area contributed by atoms with Gasteiger partial charge in [0.05, 0.1) is 0 Å². The number of hydrogen-bond acceptors (Lipinski definition) is 3. The number of aliphatic carboxylic acids is 1. The van der Waals surface area contributed by atoms with E-state index in [0.717, 1.165) is 19.3 Å². The quantitative estimate of drug-likeness (QED) is 0.664. The van der Waals surface area contributed by atoms with Crippen molar-refractivity contribution in [2.45, 2.75) is 44.6 Å². The van der Waals surface area contributed by atoms with Crippen LogP contribution in [0.25, 0.3) is 0 Å². The molecule has 1 aliphatic carbocycles. The van der Waals surface area contributed by atoms with E-state index in [0.29, 0.717) is 19.4 Å². The summed E-state index contributed by atoms with van der Waals surface area (Å²) in [6.45, 7) is 2.39. The molecule has 1 amide bonds. The molecule has 0 spiro atoms. The van der Waals surface area contributed by atoms with Crippen LogP contribution in [-0.4, -0.2) is 36.1 Å². The molecule has 5 nitrogen and oxygen atoms in total. The van der Waals surface area contributed by atoms with Crippen LogP contribution in [0.2, 0.25) is 0 Å². The molecule has 98 valence electrons. The Balaban J connectivity index is 2.59. The van der Waals surface area contributed by atoms with Crippen LogP contribution in [0.15, 0.2) is 0 Å². The molecule has 0 aromatic carbocycles. The Hall–Kier alpha value is -1.10. The van der Waals surface area contributed by atoms with Gasteiger partial charge < -0.3 is 15.7 Å². The van der Waals surface area contributed by atoms with Gasteiger partial charge in [-0.05, 0) is 18.8 Å². The zero-order valence-electron chi connectivity index (χ0n) is 10.6. The Morgan fingerprint density at radius 3 is 2.65 bits per heavy atom. The number of carboxylic acids is 1. The molecule has 2 atom stereocenters. The average molecular weight is 242 g/mol. The highest BCUT2D eigenvalue weighted by molar-refractivity contribution is 5.80. The van der Waals surface area contributed by atoms with E-state index in [1.54, 1.807) is 7.05 Å². The van der Waals surface area contributed by atoms with Crippen LogP contribution in [0.1, 0.15) is 39.0 Å². The summed E-state index contributed by atoms with van der Waals surface area (Å²) in [4.78, 5) is 22.6. The van der Waals surface area contributed by atoms with E-state index in [-0.39, 0.29) is 11.8 Å². The van der Waals surface area contributed by atoms with E-state index in [1.807, 2.05) is 6.92 Å². The average Bonchev–Trinajstić information content (AvgIpc) is 2.31. The standard InChI is InChI=1S/C12H22N2O3/c1-9-5-3-4-7-12(9,11(16)17)14-8-6-10(15)13-2/h9,14H,3-8H2,1-2H3,(H,13,15)(H,16,17). The fourth-order valence-electron chi connectivity index (χ4n) is 2.53. The van der Waals surface area contributed by atoms with Gasteiger partial charge >= 0.3 is 5.97 Å². The molecule has 0 bridgehead atoms. The largest absolute Gasteiger partial charge is 0.480 e. The fraction of sp³-hybridized carbons (Fsp3) is 0.833. The Labute approximate surface area is 102 Å². The Kier molecular flexibility index (Phi) is 4.93. The van der Waals surface area contributed by atoms with E-state index in [9.17, 15) is 14.7 Å². The first kappa shape index (κ1) is 14.0. The summed E-state index contributed by atoms with van der Waals surface area (Å²) < 4.78 is 0. The molecule has 0 aromatic heterocycles. The minimum atomic E-state index is -0.841. The molecule has 1 fully saturated rings. The van der Waals surface area contributed by atoms with Gasteiger partial charge in [0.1, 0.15) is 5.54 Å². The third-order valence-corrected chi connectivity index (χ3v) is 3.75. The second-order valence-electron chi connectivity index (χ2n) is 4.77. The van der Waals surface area contributed by atoms with Crippen LogP contribution in [0.3, 0.4) is 0 Å². The van der Waals surface area contributed by atoms with Gasteiger partial charge in [-0.2, -0.15) is 0 Å². The molecule has 0 saturated heterocycles. The minimum Gasteiger partial charge on any atom is -0.480 e. The summed E-state index contributed by atoms with van der Waals surface area (Å²) in [7, 11) is 1.58. The monoisotopic (exact) mass is 242 g/mol. The predicted octanol–water partition coefficient (Wildman–Crippen LogP) is 0.746. The molecule has 0 heterocycles. The molecule has 0 radical (unpaired) electrons. The maximum atomic E-state index is 11.5. The zero-order valence-corrected chi connectivity index (χ0v) is 10.6. The first-order chi connectivity index (χ1) is 8.03. The van der Waals surface area contributed by atoms with Crippen molar-refractivity contribution in [1.82, 2.24) is 10.6 Å². The second kappa shape index (κ2) is 6.00. The van der Waals surface area contributed by atoms with Gasteiger partial charge in [0, 0.05) is 20.0 Å². The highest BCUT2D eigenvalue weighted by Crippen LogP contribution is 2.33. The molecule has 0 aliphatic heterocycles. The Morgan fingerprint density at radius 1 is 1.41 bits per heavy atom. The van der Waals surface area contributed by atoms with Gasteiger partial charge in [-0.25, -0.2) is 0 Å². The van der Waals surface area contributed by atoms with Gasteiger partial charge in [-0.15, -0.1) is 0 Å². The number of rotatable bonds is 5. The topological polar surface area (TPSA) is 78.4 Å². The molecule has 2 unspecified atom stereocenters. The van der Waals surface area contributed by atoms with Crippen molar-refractivity contribution < 1.29 is 14.7 Å². The third kappa shape index (κ3) is 3.19. The number of carbonyl (C=O) groups is 2. The van der Waals surface area contributed by atoms with Crippen molar-refractivity contribution in [3.63, 3.8) is 0 Å². The Bertz CT molecular complexity index is 293. The van der Waals surface area contributed by atoms with Gasteiger partial charge in [0.15, 0.2) is 0 Å². The van der Waals surface area contributed by atoms with E-state index < -0.39 is 11.5 Å². The van der Waals surface area contributed by atoms with Crippen LogP contribution < -0.4 is 10.6 Å². The summed E-state index contributed by atoms with van der Waals surface area (Å²) in [6.07, 6.45) is 3.92. The van der Waals surface area contributed by atoms with Crippen molar-refractivity contribution in [3.05, 3.63) is 0 Å². The maximum absolute atomic E-state index is 11.5. The van der Waals surface area contributed by atoms with Crippen LogP contribution in [0.4, 0.5) is 0 Å². The number of carbonyl (C=O) groups excluding carboxylic acids is 1. The van der Waals surface area contributed by atoms with E-state index in [2.05, 4.69) is 10.6 Å². The summed E-state index contributed by atoms with van der Waals surface area (Å²) in [5, 5.41) is 15.0. The smallest absolute Gasteiger partial charge is 0.324 e. The number of amides is 1. The zero-order chi connectivity index (χ0) is 12.9. The number of hydrogen-bond donors (Lipinski definition) is 3. The Morgan fingerprint density at radius 2 is 2.12 bits per heavy atom. The molecule has 0 aromatic rings. The fourth-order valence-corrected chi connectivity index (χ4v) is 2.53. The maximum Gasteiger partial charge on any atom is 0.324 e. The predicted molar refractivity (Wildman–Crippen MR) is 64.7 cm³/mol. The molecule has 17 heavy (non-hydrogen) atoms. The lowest BCUT2D eigenvalue weighted by molar-refractivity contribution is -0.149. The lowest BCUT2D eigenvalue weighted by Crippen LogP contribution is -2.58. The van der Waals surface area contributed by atoms with Crippen molar-refractivity contribution in [2.75, 3.05) is 13.6 Å². The SMILES string of the molecule is CNC(=O)CCNC1(C(=O)O)CCCCC1C. The highest BCUT2D eigenvalue weighted by Gasteiger charge is 2.44. The summed E-state index contributed by atoms with van der Waals surface area (Å²) in [5.74, 6) is -0.749. The normalized spacial score (nSPS) is 28.7. The minimum absolute atomic E-state index is 0.0681. The van der Waals surface area contributed by atoms with Gasteiger partial charge in [-0.1, -0.05) is 19.8 Å². The molecule has 1 saturated carbocycles. The van der Waals surface area contributed by atoms with Crippen LogP contribution >= 0.6 is 0 Å². The van der Waals surface area contributed by atoms with Crippen molar-refractivity contribution in [3.8, 4) is 0 Å². The van der Waals surface area contributed by atoms with Crippen LogP contribution in [0.5, 0.6) is 0 Å². The lowest BCUT2D eigenvalue weighted by Gasteiger charge is -2.39. The van der Waals surface area contributed by atoms with Crippen LogP contribution in [-0.2, 0) is 9.59 Å². The molecule has 3 N–H and O–H groups in total. The molecular formula is C12H22N2O3. The summed E-state index contributed by atoms with van der Waals surface area (Å²) in [6, 6.07) is 0. The number of nitrogens with one attached hydrogen (secondary N) is 2. The van der Waals surface area contributed by atoms with Crippen molar-refractivity contribution in [2.24, 2.45) is 5.92 Å². The summed E-state index contributed by atoms with van der Waals surface area (Å²) >= 11 is 0. The van der Waals surface area contributed by atoms with E-state index in [1.165, 1.54) is 0 Å².